The van der Waals surface area contributed by atoms with Crippen molar-refractivity contribution in [1.82, 2.24) is 9.13 Å². The van der Waals surface area contributed by atoms with Crippen LogP contribution in [0.15, 0.2) is 89.9 Å². The number of hydrogen-bond donors (Lipinski definition) is 0. The van der Waals surface area contributed by atoms with Crippen molar-refractivity contribution >= 4 is 21.8 Å². The standard InChI is InChI=1S/C28H23F3N2O2/c1-32-15-14-22-25-23(8-5-9-24(25)35-18-21-6-3-2-4-7-21)33(26(22)27(32)34)17-20-12-10-19(11-13-20)16-28(29,30)31/h2-15H,16-18H2,1H3. The predicted molar refractivity (Wildman–Crippen MR) is 131 cm³/mol. The first-order valence-electron chi connectivity index (χ1n) is 11.2. The van der Waals surface area contributed by atoms with E-state index in [0.29, 0.717) is 24.4 Å². The van der Waals surface area contributed by atoms with Crippen LogP contribution in [0, 0.1) is 0 Å². The summed E-state index contributed by atoms with van der Waals surface area (Å²) in [6.45, 7) is 0.728. The highest BCUT2D eigenvalue weighted by molar-refractivity contribution is 6.11. The number of hydrogen-bond acceptors (Lipinski definition) is 2. The molecule has 3 aromatic carbocycles. The summed E-state index contributed by atoms with van der Waals surface area (Å²) < 4.78 is 47.8. The van der Waals surface area contributed by atoms with Crippen LogP contribution >= 0.6 is 0 Å². The van der Waals surface area contributed by atoms with E-state index in [1.165, 1.54) is 16.7 Å². The van der Waals surface area contributed by atoms with Crippen LogP contribution in [-0.2, 0) is 26.6 Å². The Morgan fingerprint density at radius 2 is 1.54 bits per heavy atom. The zero-order valence-electron chi connectivity index (χ0n) is 19.0. The van der Waals surface area contributed by atoms with E-state index < -0.39 is 12.6 Å². The van der Waals surface area contributed by atoms with Gasteiger partial charge in [0.2, 0.25) is 0 Å². The molecule has 7 heteroatoms. The summed E-state index contributed by atoms with van der Waals surface area (Å²) in [6.07, 6.45) is -3.49. The number of ether oxygens (including phenoxy) is 1. The maximum atomic E-state index is 13.2. The Balaban J connectivity index is 1.59. The van der Waals surface area contributed by atoms with Gasteiger partial charge in [0.1, 0.15) is 17.9 Å². The number of halogens is 3. The Labute approximate surface area is 199 Å². The van der Waals surface area contributed by atoms with Crippen molar-refractivity contribution in [2.24, 2.45) is 7.05 Å². The fourth-order valence-corrected chi connectivity index (χ4v) is 4.41. The van der Waals surface area contributed by atoms with Crippen LogP contribution in [0.4, 0.5) is 13.2 Å². The molecule has 178 valence electrons. The van der Waals surface area contributed by atoms with Gasteiger partial charge in [-0.1, -0.05) is 60.7 Å². The van der Waals surface area contributed by atoms with Crippen molar-refractivity contribution in [3.8, 4) is 5.75 Å². The molecule has 0 unspecified atom stereocenters. The van der Waals surface area contributed by atoms with E-state index in [9.17, 15) is 18.0 Å². The van der Waals surface area contributed by atoms with Gasteiger partial charge in [0, 0.05) is 30.6 Å². The molecule has 0 amide bonds. The first-order chi connectivity index (χ1) is 16.8. The molecule has 0 aliphatic rings. The fourth-order valence-electron chi connectivity index (χ4n) is 4.41. The molecule has 0 aliphatic carbocycles. The molecule has 0 saturated carbocycles. The Hall–Kier alpha value is -4.00. The molecule has 0 N–H and O–H groups in total. The van der Waals surface area contributed by atoms with Gasteiger partial charge >= 0.3 is 6.18 Å². The van der Waals surface area contributed by atoms with Crippen LogP contribution in [0.1, 0.15) is 16.7 Å². The van der Waals surface area contributed by atoms with Gasteiger partial charge in [-0.3, -0.25) is 4.79 Å². The Bertz CT molecular complexity index is 1550. The van der Waals surface area contributed by atoms with Crippen LogP contribution in [0.2, 0.25) is 0 Å². The molecule has 0 aliphatic heterocycles. The smallest absolute Gasteiger partial charge is 0.393 e. The molecule has 2 aromatic heterocycles. The number of nitrogens with zero attached hydrogens (tertiary/aromatic N) is 2. The third-order valence-electron chi connectivity index (χ3n) is 6.08. The summed E-state index contributed by atoms with van der Waals surface area (Å²) in [7, 11) is 1.70. The number of aryl methyl sites for hydroxylation is 1. The number of benzene rings is 3. The summed E-state index contributed by atoms with van der Waals surface area (Å²) in [4.78, 5) is 13.2. The van der Waals surface area contributed by atoms with Gasteiger partial charge in [0.05, 0.1) is 11.9 Å². The summed E-state index contributed by atoms with van der Waals surface area (Å²) in [5, 5.41) is 1.62. The van der Waals surface area contributed by atoms with E-state index in [-0.39, 0.29) is 11.1 Å². The van der Waals surface area contributed by atoms with Crippen LogP contribution < -0.4 is 10.3 Å². The summed E-state index contributed by atoms with van der Waals surface area (Å²) in [6, 6.07) is 23.8. The van der Waals surface area contributed by atoms with Gasteiger partial charge in [-0.2, -0.15) is 13.2 Å². The number of aromatic nitrogens is 2. The Morgan fingerprint density at radius 3 is 2.26 bits per heavy atom. The third kappa shape index (κ3) is 4.67. The molecule has 35 heavy (non-hydrogen) atoms. The molecule has 0 atom stereocenters. The normalized spacial score (nSPS) is 11.9. The zero-order chi connectivity index (χ0) is 24.6. The second kappa shape index (κ2) is 8.98. The highest BCUT2D eigenvalue weighted by Gasteiger charge is 2.27. The molecular formula is C28H23F3N2O2. The molecule has 0 fully saturated rings. The minimum atomic E-state index is -4.25. The Kier molecular flexibility index (Phi) is 5.84. The van der Waals surface area contributed by atoms with Crippen molar-refractivity contribution in [3.63, 3.8) is 0 Å². The molecule has 5 aromatic rings. The molecule has 2 heterocycles. The van der Waals surface area contributed by atoms with Crippen LogP contribution in [0.5, 0.6) is 5.75 Å². The number of alkyl halides is 3. The van der Waals surface area contributed by atoms with Crippen molar-refractivity contribution < 1.29 is 17.9 Å². The number of pyridine rings is 1. The molecule has 0 spiro atoms. The van der Waals surface area contributed by atoms with Crippen LogP contribution in [0.25, 0.3) is 21.8 Å². The second-order valence-corrected chi connectivity index (χ2v) is 8.61. The third-order valence-corrected chi connectivity index (χ3v) is 6.08. The summed E-state index contributed by atoms with van der Waals surface area (Å²) in [5.74, 6) is 0.670. The topological polar surface area (TPSA) is 36.2 Å². The molecule has 0 bridgehead atoms. The second-order valence-electron chi connectivity index (χ2n) is 8.61. The average molecular weight is 476 g/mol. The van der Waals surface area contributed by atoms with Gasteiger partial charge in [-0.25, -0.2) is 0 Å². The summed E-state index contributed by atoms with van der Waals surface area (Å²) >= 11 is 0. The lowest BCUT2D eigenvalue weighted by molar-refractivity contribution is -0.127. The van der Waals surface area contributed by atoms with Crippen LogP contribution in [0.3, 0.4) is 0 Å². The maximum absolute atomic E-state index is 13.2. The molecule has 5 rings (SSSR count). The van der Waals surface area contributed by atoms with E-state index in [0.717, 1.165) is 27.4 Å². The molecule has 0 radical (unpaired) electrons. The van der Waals surface area contributed by atoms with Crippen molar-refractivity contribution in [3.05, 3.63) is 112 Å². The first-order valence-corrected chi connectivity index (χ1v) is 11.2. The van der Waals surface area contributed by atoms with Gasteiger partial charge in [-0.15, -0.1) is 0 Å². The SMILES string of the molecule is Cn1ccc2c3c(OCc4ccccc4)cccc3n(Cc3ccc(CC(F)(F)F)cc3)c2c1=O. The lowest BCUT2D eigenvalue weighted by atomic mass is 10.1. The van der Waals surface area contributed by atoms with E-state index in [2.05, 4.69) is 0 Å². The Morgan fingerprint density at radius 1 is 0.829 bits per heavy atom. The van der Waals surface area contributed by atoms with E-state index in [1.54, 1.807) is 25.4 Å². The van der Waals surface area contributed by atoms with Gasteiger partial charge in [-0.05, 0) is 34.9 Å². The molecule has 4 nitrogen and oxygen atoms in total. The highest BCUT2D eigenvalue weighted by Crippen LogP contribution is 2.35. The van der Waals surface area contributed by atoms with Crippen molar-refractivity contribution in [2.75, 3.05) is 0 Å². The van der Waals surface area contributed by atoms with Crippen molar-refractivity contribution in [1.29, 1.82) is 0 Å². The number of fused-ring (bicyclic) bond motifs is 3. The minimum absolute atomic E-state index is 0.151. The molecular weight excluding hydrogens is 453 g/mol. The van der Waals surface area contributed by atoms with Gasteiger partial charge in [0.25, 0.3) is 5.56 Å². The van der Waals surface area contributed by atoms with Gasteiger partial charge in [0.15, 0.2) is 0 Å². The lowest BCUT2D eigenvalue weighted by Crippen LogP contribution is -2.18. The van der Waals surface area contributed by atoms with Gasteiger partial charge < -0.3 is 13.9 Å². The highest BCUT2D eigenvalue weighted by atomic mass is 19.4. The quantitative estimate of drug-likeness (QED) is 0.292. The van der Waals surface area contributed by atoms with E-state index >= 15 is 0 Å². The largest absolute Gasteiger partial charge is 0.488 e. The minimum Gasteiger partial charge on any atom is -0.488 e. The molecule has 0 saturated heterocycles. The zero-order valence-corrected chi connectivity index (χ0v) is 19.0. The first kappa shape index (κ1) is 22.8. The lowest BCUT2D eigenvalue weighted by Gasteiger charge is -2.11. The monoisotopic (exact) mass is 476 g/mol. The number of rotatable bonds is 6. The van der Waals surface area contributed by atoms with E-state index in [1.807, 2.05) is 59.2 Å². The summed E-state index contributed by atoms with van der Waals surface area (Å²) in [5.41, 5.74) is 3.24. The average Bonchev–Trinajstić information content (AvgIpc) is 3.15. The van der Waals surface area contributed by atoms with E-state index in [4.69, 9.17) is 4.74 Å². The van der Waals surface area contributed by atoms with Crippen molar-refractivity contribution in [2.45, 2.75) is 25.7 Å². The predicted octanol–water partition coefficient (Wildman–Crippen LogP) is 6.23. The fraction of sp³-hybridized carbons (Fsp3) is 0.179. The van der Waals surface area contributed by atoms with Crippen LogP contribution in [-0.4, -0.2) is 15.3 Å². The maximum Gasteiger partial charge on any atom is 0.393 e.